The van der Waals surface area contributed by atoms with Gasteiger partial charge in [0, 0.05) is 0 Å². The van der Waals surface area contributed by atoms with Crippen molar-refractivity contribution in [1.82, 2.24) is 0 Å². The summed E-state index contributed by atoms with van der Waals surface area (Å²) in [5.74, 6) is 0. The van der Waals surface area contributed by atoms with E-state index in [-0.39, 0.29) is 0 Å². The molecule has 0 radical (unpaired) electrons. The van der Waals surface area contributed by atoms with Crippen LogP contribution in [0.2, 0.25) is 0 Å². The minimum atomic E-state index is 1.32. The van der Waals surface area contributed by atoms with E-state index >= 15 is 0 Å². The van der Waals surface area contributed by atoms with Crippen LogP contribution in [0.5, 0.6) is 0 Å². The fourth-order valence-electron chi connectivity index (χ4n) is 1.53. The molecule has 22 heavy (non-hydrogen) atoms. The second-order valence-electron chi connectivity index (χ2n) is 6.12. The summed E-state index contributed by atoms with van der Waals surface area (Å²) in [6.07, 6.45) is 19.3. The van der Waals surface area contributed by atoms with Crippen LogP contribution in [-0.4, -0.2) is 0 Å². The summed E-state index contributed by atoms with van der Waals surface area (Å²) < 4.78 is 0. The molecule has 0 aromatic carbocycles. The van der Waals surface area contributed by atoms with Crippen LogP contribution in [0.15, 0.2) is 0 Å². The van der Waals surface area contributed by atoms with Crippen LogP contribution in [0.25, 0.3) is 0 Å². The Morgan fingerprint density at radius 1 is 0.227 bits per heavy atom. The van der Waals surface area contributed by atoms with Crippen molar-refractivity contribution in [2.75, 3.05) is 0 Å². The van der Waals surface area contributed by atoms with E-state index in [2.05, 4.69) is 55.4 Å². The molecule has 0 N–H and O–H groups in total. The molecule has 0 saturated heterocycles. The second kappa shape index (κ2) is 42.9. The topological polar surface area (TPSA) is 0 Å². The summed E-state index contributed by atoms with van der Waals surface area (Å²) in [5.41, 5.74) is 0. The highest BCUT2D eigenvalue weighted by Gasteiger charge is 1.80. The van der Waals surface area contributed by atoms with Crippen LogP contribution in [0.4, 0.5) is 0 Å². The predicted molar refractivity (Wildman–Crippen MR) is 110 cm³/mol. The van der Waals surface area contributed by atoms with Gasteiger partial charge in [-0.2, -0.15) is 0 Å². The maximum Gasteiger partial charge on any atom is -0.0533 e. The molecule has 0 unspecified atom stereocenters. The molecule has 0 aliphatic carbocycles. The molecule has 140 valence electrons. The Balaban J connectivity index is -0.000000100. The van der Waals surface area contributed by atoms with Crippen LogP contribution in [0.1, 0.15) is 145 Å². The Morgan fingerprint density at radius 3 is 0.591 bits per heavy atom. The monoisotopic (exact) mass is 316 g/mol. The third-order valence-electron chi connectivity index (χ3n) is 3.37. The van der Waals surface area contributed by atoms with Gasteiger partial charge in [0.1, 0.15) is 0 Å². The van der Waals surface area contributed by atoms with E-state index in [1.165, 1.54) is 89.9 Å². The number of rotatable bonds is 10. The van der Waals surface area contributed by atoms with E-state index in [0.717, 1.165) is 0 Å². The van der Waals surface area contributed by atoms with Crippen LogP contribution < -0.4 is 0 Å². The Labute approximate surface area is 145 Å². The summed E-state index contributed by atoms with van der Waals surface area (Å²) in [7, 11) is 0. The number of hydrogen-bond acceptors (Lipinski definition) is 0. The molecule has 0 bridgehead atoms. The van der Waals surface area contributed by atoms with Crippen molar-refractivity contribution in [3.05, 3.63) is 0 Å². The summed E-state index contributed by atoms with van der Waals surface area (Å²) in [4.78, 5) is 0. The third kappa shape index (κ3) is 72.2. The smallest absolute Gasteiger partial charge is 0.0533 e. The first-order valence-electron chi connectivity index (χ1n) is 10.7. The molecule has 0 spiro atoms. The average Bonchev–Trinajstić information content (AvgIpc) is 2.55. The first kappa shape index (κ1) is 29.9. The van der Waals surface area contributed by atoms with E-state index < -0.39 is 0 Å². The van der Waals surface area contributed by atoms with Gasteiger partial charge in [0.25, 0.3) is 0 Å². The molecule has 0 heteroatoms. The lowest BCUT2D eigenvalue weighted by atomic mass is 10.2. The quantitative estimate of drug-likeness (QED) is 0.352. The standard InChI is InChI=1S/C7H16.C6H14.C5H12.C4H10/c1-3-5-7-6-4-2;1-3-5-6-4-2;1-3-5-4-2;1-3-4-2/h3-7H2,1-2H3;3-6H2,1-2H3;3-5H2,1-2H3;3-4H2,1-2H3. The molecule has 0 atom stereocenters. The summed E-state index contributed by atoms with van der Waals surface area (Å²) in [6, 6.07) is 0. The molecule has 0 heterocycles. The zero-order valence-corrected chi connectivity index (χ0v) is 17.9. The molecule has 0 aliphatic rings. The third-order valence-corrected chi connectivity index (χ3v) is 3.37. The van der Waals surface area contributed by atoms with Gasteiger partial charge in [0.05, 0.1) is 0 Å². The van der Waals surface area contributed by atoms with Crippen molar-refractivity contribution < 1.29 is 0 Å². The lowest BCUT2D eigenvalue weighted by molar-refractivity contribution is 0.656. The Kier molecular flexibility index (Phi) is 58.3. The minimum Gasteiger partial charge on any atom is -0.0654 e. The highest BCUT2D eigenvalue weighted by atomic mass is 13.9. The molecule has 0 fully saturated rings. The first-order chi connectivity index (χ1) is 10.7. The molecule has 0 nitrogen and oxygen atoms in total. The molecule has 0 amide bonds. The van der Waals surface area contributed by atoms with Gasteiger partial charge >= 0.3 is 0 Å². The fraction of sp³-hybridized carbons (Fsp3) is 1.00. The normalized spacial score (nSPS) is 8.73. The minimum absolute atomic E-state index is 1.32. The molecule has 0 aromatic heterocycles. The Hall–Kier alpha value is 0. The first-order valence-corrected chi connectivity index (χ1v) is 10.7. The van der Waals surface area contributed by atoms with E-state index in [4.69, 9.17) is 0 Å². The van der Waals surface area contributed by atoms with Gasteiger partial charge in [-0.1, -0.05) is 145 Å². The predicted octanol–water partition coefficient (Wildman–Crippen LogP) is 9.57. The van der Waals surface area contributed by atoms with Crippen molar-refractivity contribution in [2.24, 2.45) is 0 Å². The van der Waals surface area contributed by atoms with Crippen LogP contribution >= 0.6 is 0 Å². The molecule has 0 saturated carbocycles. The van der Waals surface area contributed by atoms with Crippen LogP contribution in [0.3, 0.4) is 0 Å². The molecule has 0 aliphatic heterocycles. The van der Waals surface area contributed by atoms with Gasteiger partial charge in [-0.3, -0.25) is 0 Å². The maximum atomic E-state index is 2.25. The molecular formula is C22H52. The van der Waals surface area contributed by atoms with Crippen LogP contribution in [0, 0.1) is 0 Å². The van der Waals surface area contributed by atoms with Crippen molar-refractivity contribution in [3.63, 3.8) is 0 Å². The van der Waals surface area contributed by atoms with Gasteiger partial charge in [-0.05, 0) is 0 Å². The molecule has 0 rings (SSSR count). The average molecular weight is 317 g/mol. The lowest BCUT2D eigenvalue weighted by Crippen LogP contribution is -1.70. The van der Waals surface area contributed by atoms with E-state index in [0.29, 0.717) is 0 Å². The largest absolute Gasteiger partial charge is 0.0654 e. The van der Waals surface area contributed by atoms with Gasteiger partial charge in [-0.25, -0.2) is 0 Å². The maximum absolute atomic E-state index is 2.25. The van der Waals surface area contributed by atoms with E-state index in [9.17, 15) is 0 Å². The zero-order valence-electron chi connectivity index (χ0n) is 17.9. The van der Waals surface area contributed by atoms with Crippen molar-refractivity contribution in [3.8, 4) is 0 Å². The van der Waals surface area contributed by atoms with Crippen molar-refractivity contribution in [2.45, 2.75) is 145 Å². The summed E-state index contributed by atoms with van der Waals surface area (Å²) in [5, 5.41) is 0. The van der Waals surface area contributed by atoms with E-state index in [1.807, 2.05) is 0 Å². The number of unbranched alkanes of at least 4 members (excludes halogenated alkanes) is 10. The van der Waals surface area contributed by atoms with Crippen LogP contribution in [-0.2, 0) is 0 Å². The van der Waals surface area contributed by atoms with Gasteiger partial charge in [-0.15, -0.1) is 0 Å². The highest BCUT2D eigenvalue weighted by molar-refractivity contribution is 4.36. The summed E-state index contributed by atoms with van der Waals surface area (Å²) in [6.45, 7) is 17.7. The molecule has 0 aromatic rings. The Morgan fingerprint density at radius 2 is 0.455 bits per heavy atom. The van der Waals surface area contributed by atoms with Gasteiger partial charge < -0.3 is 0 Å². The number of hydrogen-bond donors (Lipinski definition) is 0. The van der Waals surface area contributed by atoms with Crippen molar-refractivity contribution >= 4 is 0 Å². The van der Waals surface area contributed by atoms with Gasteiger partial charge in [0.15, 0.2) is 0 Å². The zero-order chi connectivity index (χ0) is 17.9. The second-order valence-corrected chi connectivity index (χ2v) is 6.12. The summed E-state index contributed by atoms with van der Waals surface area (Å²) >= 11 is 0. The molecular weight excluding hydrogens is 264 g/mol. The fourth-order valence-corrected chi connectivity index (χ4v) is 1.53. The lowest BCUT2D eigenvalue weighted by Gasteiger charge is -1.90. The SMILES string of the molecule is CCCC.CCCCC.CCCCCC.CCCCCCC. The Bertz CT molecular complexity index is 94.6. The highest BCUT2D eigenvalue weighted by Crippen LogP contribution is 2.00. The van der Waals surface area contributed by atoms with E-state index in [1.54, 1.807) is 0 Å². The van der Waals surface area contributed by atoms with Crippen molar-refractivity contribution in [1.29, 1.82) is 0 Å². The van der Waals surface area contributed by atoms with Gasteiger partial charge in [0.2, 0.25) is 0 Å².